The zero-order chi connectivity index (χ0) is 25.5. The molecule has 7 nitrogen and oxygen atoms in total. The number of hydrogen-bond donors (Lipinski definition) is 0. The Morgan fingerprint density at radius 3 is 2.29 bits per heavy atom. The molecule has 0 amide bonds. The van der Waals surface area contributed by atoms with E-state index in [0.717, 1.165) is 0 Å². The van der Waals surface area contributed by atoms with Gasteiger partial charge in [-0.3, -0.25) is 9.59 Å². The van der Waals surface area contributed by atoms with E-state index in [4.69, 9.17) is 9.47 Å². The first kappa shape index (κ1) is 27.3. The number of carbonyl (C=O) groups is 1. The van der Waals surface area contributed by atoms with Crippen LogP contribution in [0.5, 0.6) is 5.75 Å². The molecule has 0 aliphatic rings. The van der Waals surface area contributed by atoms with Crippen LogP contribution >= 0.6 is 0 Å². The van der Waals surface area contributed by atoms with Crippen molar-refractivity contribution >= 4 is 15.8 Å². The van der Waals surface area contributed by atoms with Gasteiger partial charge in [0.05, 0.1) is 17.0 Å². The fraction of sp³-hybridized carbons (Fsp3) is 0.440. The summed E-state index contributed by atoms with van der Waals surface area (Å²) in [5.74, 6) is -0.376. The normalized spacial score (nSPS) is 12.6. The van der Waals surface area contributed by atoms with E-state index in [1.54, 1.807) is 33.0 Å². The van der Waals surface area contributed by atoms with Gasteiger partial charge in [0.15, 0.2) is 9.84 Å². The third-order valence-electron chi connectivity index (χ3n) is 4.76. The second-order valence-electron chi connectivity index (χ2n) is 9.25. The number of pyridine rings is 1. The molecule has 0 bridgehead atoms. The summed E-state index contributed by atoms with van der Waals surface area (Å²) < 4.78 is 50.9. The Bertz CT molecular complexity index is 1180. The summed E-state index contributed by atoms with van der Waals surface area (Å²) >= 11 is 0. The van der Waals surface area contributed by atoms with Gasteiger partial charge in [0, 0.05) is 24.7 Å². The van der Waals surface area contributed by atoms with Crippen molar-refractivity contribution in [2.75, 3.05) is 6.61 Å². The van der Waals surface area contributed by atoms with Crippen molar-refractivity contribution in [3.05, 3.63) is 70.4 Å². The van der Waals surface area contributed by atoms with Crippen LogP contribution < -0.4 is 10.3 Å². The van der Waals surface area contributed by atoms with Crippen molar-refractivity contribution < 1.29 is 27.1 Å². The van der Waals surface area contributed by atoms with Crippen LogP contribution in [0.4, 0.5) is 4.39 Å². The quantitative estimate of drug-likeness (QED) is 0.443. The van der Waals surface area contributed by atoms with E-state index < -0.39 is 21.4 Å². The molecule has 2 rings (SSSR count). The van der Waals surface area contributed by atoms with Gasteiger partial charge in [0.2, 0.25) is 0 Å². The molecule has 0 saturated heterocycles. The van der Waals surface area contributed by atoms with Gasteiger partial charge < -0.3 is 14.0 Å². The Hall–Kier alpha value is -2.94. The lowest BCUT2D eigenvalue weighted by atomic mass is 10.1. The number of rotatable bonds is 10. The smallest absolute Gasteiger partial charge is 0.306 e. The predicted octanol–water partition coefficient (Wildman–Crippen LogP) is 4.76. The second-order valence-corrected chi connectivity index (χ2v) is 11.2. The fourth-order valence-electron chi connectivity index (χ4n) is 3.08. The molecule has 0 unspecified atom stereocenters. The molecule has 34 heavy (non-hydrogen) atoms. The third kappa shape index (κ3) is 8.44. The monoisotopic (exact) mass is 493 g/mol. The van der Waals surface area contributed by atoms with Crippen LogP contribution in [0.2, 0.25) is 0 Å². The van der Waals surface area contributed by atoms with Crippen LogP contribution in [0.15, 0.2) is 64.2 Å². The van der Waals surface area contributed by atoms with Gasteiger partial charge in [0.25, 0.3) is 5.56 Å². The number of halogens is 1. The number of hydrogen-bond acceptors (Lipinski definition) is 6. The Morgan fingerprint density at radius 1 is 1.12 bits per heavy atom. The zero-order valence-electron chi connectivity index (χ0n) is 20.2. The lowest BCUT2D eigenvalue weighted by molar-refractivity contribution is -0.154. The maximum atomic E-state index is 13.2. The van der Waals surface area contributed by atoms with Crippen molar-refractivity contribution in [2.45, 2.75) is 69.8 Å². The summed E-state index contributed by atoms with van der Waals surface area (Å²) in [5.41, 5.74) is -0.179. The molecule has 0 radical (unpaired) electrons. The van der Waals surface area contributed by atoms with Crippen LogP contribution in [0.25, 0.3) is 0 Å². The topological polar surface area (TPSA) is 91.7 Å². The average Bonchev–Trinajstić information content (AvgIpc) is 2.72. The van der Waals surface area contributed by atoms with Crippen LogP contribution in [0, 0.1) is 0 Å². The molecule has 1 aromatic heterocycles. The van der Waals surface area contributed by atoms with Gasteiger partial charge in [-0.15, -0.1) is 0 Å². The Balaban J connectivity index is 1.96. The zero-order valence-corrected chi connectivity index (χ0v) is 21.0. The summed E-state index contributed by atoms with van der Waals surface area (Å²) in [6.07, 6.45) is 2.16. The van der Waals surface area contributed by atoms with Gasteiger partial charge in [0.1, 0.15) is 18.0 Å². The number of aromatic nitrogens is 1. The molecule has 0 fully saturated rings. The molecule has 0 aliphatic heterocycles. The highest BCUT2D eigenvalue weighted by Crippen LogP contribution is 2.21. The molecule has 1 aromatic carbocycles. The van der Waals surface area contributed by atoms with Crippen LogP contribution in [-0.4, -0.2) is 31.2 Å². The molecular formula is C25H32FNO6S. The molecule has 9 heteroatoms. The standard InChI is InChI=1S/C25H32FNO6S/c1-18(2)27-13-12-19(14-23(27)28)17-34(30,31)22-9-7-21(8-10-22)32-16-20(15-26)6-11-24(29)33-25(3,4)5/h7-10,12-15,18H,6,11,16-17H2,1-5H3/b20-15+. The number of carbonyl (C=O) groups excluding carboxylic acids is 1. The van der Waals surface area contributed by atoms with Crippen molar-refractivity contribution in [2.24, 2.45) is 0 Å². The third-order valence-corrected chi connectivity index (χ3v) is 6.46. The summed E-state index contributed by atoms with van der Waals surface area (Å²) in [6.45, 7) is 8.92. The number of sulfone groups is 1. The molecule has 0 aliphatic carbocycles. The minimum atomic E-state index is -3.68. The Labute approximate surface area is 200 Å². The van der Waals surface area contributed by atoms with E-state index in [1.807, 2.05) is 13.8 Å². The van der Waals surface area contributed by atoms with E-state index >= 15 is 0 Å². The second kappa shape index (κ2) is 11.5. The molecular weight excluding hydrogens is 461 g/mol. The van der Waals surface area contributed by atoms with Gasteiger partial charge in [-0.1, -0.05) is 0 Å². The van der Waals surface area contributed by atoms with Crippen molar-refractivity contribution in [1.82, 2.24) is 4.57 Å². The van der Waals surface area contributed by atoms with Gasteiger partial charge in [-0.2, -0.15) is 0 Å². The van der Waals surface area contributed by atoms with E-state index in [2.05, 4.69) is 0 Å². The fourth-order valence-corrected chi connectivity index (χ4v) is 4.42. The number of nitrogens with zero attached hydrogens (tertiary/aromatic N) is 1. The van der Waals surface area contributed by atoms with Crippen molar-refractivity contribution in [1.29, 1.82) is 0 Å². The Kier molecular flexibility index (Phi) is 9.21. The van der Waals surface area contributed by atoms with Gasteiger partial charge >= 0.3 is 5.97 Å². The molecule has 1 heterocycles. The molecule has 0 atom stereocenters. The number of ether oxygens (including phenoxy) is 2. The van der Waals surface area contributed by atoms with Gasteiger partial charge in [-0.25, -0.2) is 12.8 Å². The highest BCUT2D eigenvalue weighted by molar-refractivity contribution is 7.90. The Morgan fingerprint density at radius 2 is 1.76 bits per heavy atom. The largest absolute Gasteiger partial charge is 0.489 e. The first-order chi connectivity index (χ1) is 15.8. The van der Waals surface area contributed by atoms with Crippen molar-refractivity contribution in [3.63, 3.8) is 0 Å². The summed E-state index contributed by atoms with van der Waals surface area (Å²) in [5, 5.41) is 0. The molecule has 0 spiro atoms. The number of benzene rings is 1. The minimum Gasteiger partial charge on any atom is -0.489 e. The van der Waals surface area contributed by atoms with Gasteiger partial charge in [-0.05, 0) is 82.5 Å². The lowest BCUT2D eigenvalue weighted by Gasteiger charge is -2.19. The molecule has 0 saturated carbocycles. The highest BCUT2D eigenvalue weighted by Gasteiger charge is 2.18. The SMILES string of the molecule is CC(C)n1ccc(CS(=O)(=O)c2ccc(OC/C(=C/F)CCC(=O)OC(C)(C)C)cc2)cc1=O. The minimum absolute atomic E-state index is 0.0178. The summed E-state index contributed by atoms with van der Waals surface area (Å²) in [6, 6.07) is 8.70. The predicted molar refractivity (Wildman–Crippen MR) is 128 cm³/mol. The van der Waals surface area contributed by atoms with E-state index in [0.29, 0.717) is 17.6 Å². The molecule has 186 valence electrons. The number of esters is 1. The first-order valence-corrected chi connectivity index (χ1v) is 12.6. The van der Waals surface area contributed by atoms with Crippen LogP contribution in [-0.2, 0) is 25.1 Å². The summed E-state index contributed by atoms with van der Waals surface area (Å²) in [4.78, 5) is 24.0. The average molecular weight is 494 g/mol. The maximum Gasteiger partial charge on any atom is 0.306 e. The maximum absolute atomic E-state index is 13.2. The highest BCUT2D eigenvalue weighted by atomic mass is 32.2. The lowest BCUT2D eigenvalue weighted by Crippen LogP contribution is -2.23. The molecule has 0 N–H and O–H groups in total. The van der Waals surface area contributed by atoms with Crippen molar-refractivity contribution in [3.8, 4) is 5.75 Å². The van der Waals surface area contributed by atoms with E-state index in [9.17, 15) is 22.4 Å². The van der Waals surface area contributed by atoms with E-state index in [1.165, 1.54) is 34.9 Å². The first-order valence-electron chi connectivity index (χ1n) is 11.0. The molecule has 2 aromatic rings. The summed E-state index contributed by atoms with van der Waals surface area (Å²) in [7, 11) is -3.68. The van der Waals surface area contributed by atoms with Crippen LogP contribution in [0.1, 0.15) is 59.1 Å². The van der Waals surface area contributed by atoms with E-state index in [-0.39, 0.29) is 47.3 Å². The van der Waals surface area contributed by atoms with Crippen LogP contribution in [0.3, 0.4) is 0 Å².